The molecule has 1 aliphatic heterocycles. The highest BCUT2D eigenvalue weighted by atomic mass is 16.7. The predicted molar refractivity (Wildman–Crippen MR) is 128 cm³/mol. The zero-order valence-corrected chi connectivity index (χ0v) is 20.5. The lowest BCUT2D eigenvalue weighted by molar-refractivity contribution is -0.0756. The Morgan fingerprint density at radius 2 is 1.76 bits per heavy atom. The fraction of sp³-hybridized carbons (Fsp3) is 0.480. The molecule has 0 bridgehead atoms. The Hall–Kier alpha value is -3.33. The summed E-state index contributed by atoms with van der Waals surface area (Å²) in [5, 5.41) is 4.16. The van der Waals surface area contributed by atoms with Gasteiger partial charge in [-0.1, -0.05) is 12.1 Å². The lowest BCUT2D eigenvalue weighted by atomic mass is 9.96. The van der Waals surface area contributed by atoms with Crippen LogP contribution in [0.5, 0.6) is 0 Å². The van der Waals surface area contributed by atoms with E-state index in [4.69, 9.17) is 10.6 Å². The zero-order valence-electron chi connectivity index (χ0n) is 20.5. The quantitative estimate of drug-likeness (QED) is 0.659. The van der Waals surface area contributed by atoms with Crippen LogP contribution in [0.25, 0.3) is 11.1 Å². The third-order valence-electron chi connectivity index (χ3n) is 6.31. The summed E-state index contributed by atoms with van der Waals surface area (Å²) in [6.45, 7) is 7.29. The van der Waals surface area contributed by atoms with Gasteiger partial charge in [-0.15, -0.1) is 0 Å². The summed E-state index contributed by atoms with van der Waals surface area (Å²) in [4.78, 5) is 44.7. The van der Waals surface area contributed by atoms with Crippen molar-refractivity contribution >= 4 is 17.8 Å². The fourth-order valence-electron chi connectivity index (χ4n) is 4.54. The van der Waals surface area contributed by atoms with Crippen molar-refractivity contribution in [2.75, 3.05) is 20.7 Å². The van der Waals surface area contributed by atoms with Crippen LogP contribution in [-0.2, 0) is 17.9 Å². The number of aromatic nitrogens is 1. The molecule has 1 fully saturated rings. The topological polar surface area (TPSA) is 110 Å². The lowest BCUT2D eigenvalue weighted by Crippen LogP contribution is -2.50. The van der Waals surface area contributed by atoms with Crippen LogP contribution in [0, 0.1) is 0 Å². The minimum absolute atomic E-state index is 0.157. The van der Waals surface area contributed by atoms with Gasteiger partial charge in [0.25, 0.3) is 11.8 Å². The molecule has 182 valence electrons. The Morgan fingerprint density at radius 3 is 2.29 bits per heavy atom. The summed E-state index contributed by atoms with van der Waals surface area (Å²) < 4.78 is 2.19. The monoisotopic (exact) mass is 467 g/mol. The molecule has 34 heavy (non-hydrogen) atoms. The van der Waals surface area contributed by atoms with E-state index >= 15 is 0 Å². The van der Waals surface area contributed by atoms with Crippen LogP contribution in [-0.4, -0.2) is 58.6 Å². The van der Waals surface area contributed by atoms with Crippen molar-refractivity contribution < 1.29 is 19.2 Å². The number of nitrogens with two attached hydrogens (primary N) is 1. The molecule has 1 aromatic carbocycles. The van der Waals surface area contributed by atoms with Gasteiger partial charge in [-0.05, 0) is 57.2 Å². The second-order valence-corrected chi connectivity index (χ2v) is 10.0. The summed E-state index contributed by atoms with van der Waals surface area (Å²) in [5.74, 6) is -0.413. The largest absolute Gasteiger partial charge is 0.366 e. The van der Waals surface area contributed by atoms with E-state index in [-0.39, 0.29) is 17.5 Å². The summed E-state index contributed by atoms with van der Waals surface area (Å²) in [5.41, 5.74) is 10.0. The van der Waals surface area contributed by atoms with Gasteiger partial charge in [0, 0.05) is 42.5 Å². The summed E-state index contributed by atoms with van der Waals surface area (Å²) >= 11 is 0. The fourth-order valence-corrected chi connectivity index (χ4v) is 4.54. The first-order valence-electron chi connectivity index (χ1n) is 11.6. The van der Waals surface area contributed by atoms with Crippen LogP contribution in [0.15, 0.2) is 24.3 Å². The molecule has 0 spiro atoms. The molecule has 9 heteroatoms. The third kappa shape index (κ3) is 4.52. The molecule has 2 heterocycles. The number of nitrogens with zero attached hydrogens (tertiary/aromatic N) is 3. The summed E-state index contributed by atoms with van der Waals surface area (Å²) in [7, 11) is 2.99. The van der Waals surface area contributed by atoms with Gasteiger partial charge in [-0.2, -0.15) is 0 Å². The first-order chi connectivity index (χ1) is 16.0. The number of nitrogens with one attached hydrogen (secondary N) is 1. The summed E-state index contributed by atoms with van der Waals surface area (Å²) in [6, 6.07) is 7.00. The molecular formula is C25H33N5O4. The molecule has 1 aromatic heterocycles. The van der Waals surface area contributed by atoms with Crippen LogP contribution >= 0.6 is 0 Å². The maximum Gasteiger partial charge on any atom is 0.318 e. The number of hydroxylamine groups is 2. The average molecular weight is 468 g/mol. The molecular weight excluding hydrogens is 434 g/mol. The molecule has 1 aliphatic carbocycles. The second-order valence-electron chi connectivity index (χ2n) is 10.0. The van der Waals surface area contributed by atoms with Gasteiger partial charge < -0.3 is 20.5 Å². The number of fused-ring (bicyclic) bond motifs is 1. The predicted octanol–water partition coefficient (Wildman–Crippen LogP) is 3.09. The van der Waals surface area contributed by atoms with Crippen molar-refractivity contribution in [1.82, 2.24) is 19.8 Å². The maximum atomic E-state index is 12.8. The number of carbonyl (C=O) groups is 3. The zero-order chi connectivity index (χ0) is 24.8. The van der Waals surface area contributed by atoms with Crippen molar-refractivity contribution in [3.05, 3.63) is 46.8 Å². The summed E-state index contributed by atoms with van der Waals surface area (Å²) in [6.07, 6.45) is 2.11. The number of carbonyl (C=O) groups excluding carboxylic acids is 3. The van der Waals surface area contributed by atoms with Crippen LogP contribution in [0.1, 0.15) is 71.6 Å². The Labute approximate surface area is 199 Å². The van der Waals surface area contributed by atoms with Crippen LogP contribution in [0.4, 0.5) is 4.79 Å². The van der Waals surface area contributed by atoms with E-state index in [1.54, 1.807) is 24.1 Å². The first-order valence-corrected chi connectivity index (χ1v) is 11.6. The Morgan fingerprint density at radius 1 is 1.12 bits per heavy atom. The second kappa shape index (κ2) is 8.79. The van der Waals surface area contributed by atoms with Crippen LogP contribution < -0.4 is 11.1 Å². The number of primary amides is 1. The minimum atomic E-state index is -0.511. The van der Waals surface area contributed by atoms with E-state index in [1.165, 1.54) is 7.11 Å². The van der Waals surface area contributed by atoms with Gasteiger partial charge >= 0.3 is 6.03 Å². The average Bonchev–Trinajstić information content (AvgIpc) is 3.56. The Balaban J connectivity index is 1.76. The Bertz CT molecular complexity index is 1130. The van der Waals surface area contributed by atoms with Crippen molar-refractivity contribution in [3.8, 4) is 11.1 Å². The van der Waals surface area contributed by atoms with Crippen molar-refractivity contribution in [2.45, 2.75) is 58.2 Å². The molecule has 2 aromatic rings. The van der Waals surface area contributed by atoms with Crippen molar-refractivity contribution in [2.24, 2.45) is 5.73 Å². The van der Waals surface area contributed by atoms with E-state index in [0.29, 0.717) is 36.7 Å². The van der Waals surface area contributed by atoms with E-state index in [1.807, 2.05) is 32.9 Å². The van der Waals surface area contributed by atoms with Gasteiger partial charge in [-0.3, -0.25) is 14.4 Å². The smallest absolute Gasteiger partial charge is 0.318 e. The lowest BCUT2D eigenvalue weighted by Gasteiger charge is -2.33. The van der Waals surface area contributed by atoms with Gasteiger partial charge in [0.2, 0.25) is 0 Å². The van der Waals surface area contributed by atoms with Gasteiger partial charge in [0.15, 0.2) is 0 Å². The minimum Gasteiger partial charge on any atom is -0.366 e. The molecule has 0 unspecified atom stereocenters. The van der Waals surface area contributed by atoms with Gasteiger partial charge in [0.05, 0.1) is 24.9 Å². The number of amides is 4. The van der Waals surface area contributed by atoms with E-state index < -0.39 is 5.91 Å². The van der Waals surface area contributed by atoms with E-state index in [2.05, 4.69) is 9.88 Å². The molecule has 0 saturated heterocycles. The van der Waals surface area contributed by atoms with Gasteiger partial charge in [-0.25, -0.2) is 9.86 Å². The first kappa shape index (κ1) is 23.8. The number of benzene rings is 1. The number of rotatable bonds is 5. The van der Waals surface area contributed by atoms with Crippen LogP contribution in [0.2, 0.25) is 0 Å². The number of hydrogen-bond acceptors (Lipinski definition) is 4. The molecule has 0 atom stereocenters. The normalized spacial score (nSPS) is 15.6. The Kier molecular flexibility index (Phi) is 6.16. The number of hydrogen-bond donors (Lipinski definition) is 2. The molecule has 0 radical (unpaired) electrons. The third-order valence-corrected chi connectivity index (χ3v) is 6.31. The van der Waals surface area contributed by atoms with E-state index in [0.717, 1.165) is 40.4 Å². The molecule has 1 saturated carbocycles. The van der Waals surface area contributed by atoms with Gasteiger partial charge in [0.1, 0.15) is 0 Å². The highest BCUT2D eigenvalue weighted by Gasteiger charge is 2.38. The highest BCUT2D eigenvalue weighted by molar-refractivity contribution is 6.03. The SMILES string of the molecule is CON(C)C(=O)c1ccc(-c2c(C(N)=O)c3n(c2C2CC2)CCN(C(=O)NC(C)(C)C)C3)cc1. The maximum absolute atomic E-state index is 12.8. The molecule has 4 rings (SSSR count). The molecule has 3 N–H and O–H groups in total. The number of urea groups is 1. The highest BCUT2D eigenvalue weighted by Crippen LogP contribution is 2.48. The van der Waals surface area contributed by atoms with Crippen LogP contribution in [0.3, 0.4) is 0 Å². The van der Waals surface area contributed by atoms with Crippen molar-refractivity contribution in [1.29, 1.82) is 0 Å². The standard InChI is InChI=1S/C25H33N5O4/c1-25(2,3)27-24(33)29-12-13-30-18(14-29)20(22(26)31)19(21(30)16-8-9-16)15-6-10-17(11-7-15)23(32)28(4)34-5/h6-7,10-11,16H,8-9,12-14H2,1-5H3,(H2,26,31)(H,27,33). The molecule has 4 amide bonds. The van der Waals surface area contributed by atoms with E-state index in [9.17, 15) is 14.4 Å². The molecule has 2 aliphatic rings. The van der Waals surface area contributed by atoms with Crippen molar-refractivity contribution in [3.63, 3.8) is 0 Å². The molecule has 9 nitrogen and oxygen atoms in total.